The zero-order valence-corrected chi connectivity index (χ0v) is 7.94. The lowest BCUT2D eigenvalue weighted by atomic mass is 9.86. The van der Waals surface area contributed by atoms with Crippen LogP contribution in [0.4, 0.5) is 0 Å². The fraction of sp³-hybridized carbons (Fsp3) is 1.00. The Labute approximate surface area is 61.8 Å². The zero-order valence-electron chi connectivity index (χ0n) is 6.94. The Balaban J connectivity index is 3.06. The molecule has 1 radical (unpaired) electrons. The Morgan fingerprint density at radius 3 is 2.22 bits per heavy atom. The zero-order chi connectivity index (χ0) is 7.28. The number of hydrogen-bond acceptors (Lipinski definition) is 0. The molecule has 0 aliphatic carbocycles. The molecule has 0 aromatic rings. The van der Waals surface area contributed by atoms with Crippen molar-refractivity contribution in [2.75, 3.05) is 0 Å². The first-order chi connectivity index (χ1) is 4.16. The molecule has 0 amide bonds. The Morgan fingerprint density at radius 1 is 1.33 bits per heavy atom. The summed E-state index contributed by atoms with van der Waals surface area (Å²) in [6, 6.07) is 0. The Morgan fingerprint density at radius 2 is 1.89 bits per heavy atom. The van der Waals surface area contributed by atoms with Gasteiger partial charge in [0.25, 0.3) is 0 Å². The van der Waals surface area contributed by atoms with Crippen molar-refractivity contribution in [2.24, 2.45) is 0 Å². The van der Waals surface area contributed by atoms with Gasteiger partial charge in [-0.25, -0.2) is 0 Å². The summed E-state index contributed by atoms with van der Waals surface area (Å²) in [6.07, 6.45) is 1.29. The molecule has 0 heterocycles. The third-order valence-corrected chi connectivity index (χ3v) is 2.79. The largest absolute Gasteiger partial charge is 0.160 e. The fourth-order valence-electron chi connectivity index (χ4n) is 0.475. The molecule has 0 saturated carbocycles. The second kappa shape index (κ2) is 5.29. The predicted molar refractivity (Wildman–Crippen MR) is 48.9 cm³/mol. The SMILES string of the molecule is CCC(C)[B]PC(C)C. The first-order valence-electron chi connectivity index (χ1n) is 3.76. The maximum Gasteiger partial charge on any atom is 0.145 e. The van der Waals surface area contributed by atoms with Crippen molar-refractivity contribution in [3.8, 4) is 0 Å². The van der Waals surface area contributed by atoms with Gasteiger partial charge in [0.15, 0.2) is 0 Å². The molecule has 0 nitrogen and oxygen atoms in total. The molecule has 2 atom stereocenters. The molecular formula is C7H17BP. The highest BCUT2D eigenvalue weighted by molar-refractivity contribution is 7.71. The van der Waals surface area contributed by atoms with E-state index in [2.05, 4.69) is 34.7 Å². The van der Waals surface area contributed by atoms with E-state index in [1.807, 2.05) is 0 Å². The van der Waals surface area contributed by atoms with Crippen molar-refractivity contribution in [2.45, 2.75) is 45.6 Å². The van der Waals surface area contributed by atoms with Crippen molar-refractivity contribution in [1.82, 2.24) is 0 Å². The Kier molecular flexibility index (Phi) is 5.58. The van der Waals surface area contributed by atoms with Crippen molar-refractivity contribution >= 4 is 15.5 Å². The minimum atomic E-state index is 0.825. The van der Waals surface area contributed by atoms with Crippen molar-refractivity contribution in [3.05, 3.63) is 0 Å². The van der Waals surface area contributed by atoms with Gasteiger partial charge in [0.2, 0.25) is 0 Å². The average Bonchev–Trinajstić information content (AvgIpc) is 1.83. The fourth-order valence-corrected chi connectivity index (χ4v) is 1.42. The molecule has 2 heteroatoms. The van der Waals surface area contributed by atoms with Gasteiger partial charge < -0.3 is 0 Å². The van der Waals surface area contributed by atoms with Crippen LogP contribution in [-0.4, -0.2) is 12.7 Å². The normalized spacial score (nSPS) is 15.2. The molecule has 53 valence electrons. The highest BCUT2D eigenvalue weighted by Crippen LogP contribution is 2.22. The van der Waals surface area contributed by atoms with E-state index in [4.69, 9.17) is 0 Å². The highest BCUT2D eigenvalue weighted by Gasteiger charge is 2.01. The minimum Gasteiger partial charge on any atom is -0.160 e. The second-order valence-electron chi connectivity index (χ2n) is 2.87. The van der Waals surface area contributed by atoms with Crippen LogP contribution in [0.15, 0.2) is 0 Å². The quantitative estimate of drug-likeness (QED) is 0.419. The van der Waals surface area contributed by atoms with Crippen molar-refractivity contribution < 1.29 is 0 Å². The van der Waals surface area contributed by atoms with Gasteiger partial charge in [-0.05, 0) is 5.66 Å². The van der Waals surface area contributed by atoms with Gasteiger partial charge >= 0.3 is 0 Å². The van der Waals surface area contributed by atoms with E-state index in [1.165, 1.54) is 6.42 Å². The summed E-state index contributed by atoms with van der Waals surface area (Å²) in [5, 5.41) is 0. The van der Waals surface area contributed by atoms with Crippen molar-refractivity contribution in [1.29, 1.82) is 0 Å². The molecule has 0 bridgehead atoms. The maximum absolute atomic E-state index is 2.45. The third-order valence-electron chi connectivity index (χ3n) is 1.36. The first-order valence-corrected chi connectivity index (χ1v) is 4.91. The molecule has 0 aliphatic rings. The van der Waals surface area contributed by atoms with Crippen LogP contribution in [0.1, 0.15) is 34.1 Å². The van der Waals surface area contributed by atoms with Gasteiger partial charge in [0.1, 0.15) is 7.00 Å². The van der Waals surface area contributed by atoms with E-state index in [0.29, 0.717) is 0 Å². The molecule has 0 rings (SSSR count). The van der Waals surface area contributed by atoms with E-state index in [0.717, 1.165) is 19.9 Å². The lowest BCUT2D eigenvalue weighted by Gasteiger charge is -2.07. The van der Waals surface area contributed by atoms with Gasteiger partial charge in [0.05, 0.1) is 0 Å². The minimum absolute atomic E-state index is 0.825. The molecule has 0 N–H and O–H groups in total. The first kappa shape index (κ1) is 9.49. The molecule has 0 spiro atoms. The molecule has 0 aromatic heterocycles. The molecule has 0 saturated heterocycles. The molecular weight excluding hydrogens is 126 g/mol. The Bertz CT molecular complexity index is 63.9. The highest BCUT2D eigenvalue weighted by atomic mass is 31.1. The molecule has 0 aromatic carbocycles. The molecule has 9 heavy (non-hydrogen) atoms. The monoisotopic (exact) mass is 143 g/mol. The summed E-state index contributed by atoms with van der Waals surface area (Å²) in [6.45, 7) is 11.5. The van der Waals surface area contributed by atoms with E-state index >= 15 is 0 Å². The standard InChI is InChI=1S/C7H17BP/c1-5-7(4)8-9-6(2)3/h6-7,9H,5H2,1-4H3. The van der Waals surface area contributed by atoms with E-state index in [-0.39, 0.29) is 0 Å². The predicted octanol–water partition coefficient (Wildman–Crippen LogP) is 2.91. The second-order valence-corrected chi connectivity index (χ2v) is 4.69. The number of hydrogen-bond donors (Lipinski definition) is 0. The van der Waals surface area contributed by atoms with Crippen LogP contribution in [-0.2, 0) is 0 Å². The maximum atomic E-state index is 2.45. The van der Waals surface area contributed by atoms with Crippen molar-refractivity contribution in [3.63, 3.8) is 0 Å². The van der Waals surface area contributed by atoms with Crippen LogP contribution in [0.25, 0.3) is 0 Å². The average molecular weight is 143 g/mol. The van der Waals surface area contributed by atoms with Crippen LogP contribution in [0.5, 0.6) is 0 Å². The summed E-state index contributed by atoms with van der Waals surface area (Å²) in [5.41, 5.74) is 0.860. The Hall–Kier alpha value is 0.495. The molecule has 2 unspecified atom stereocenters. The number of rotatable bonds is 4. The summed E-state index contributed by atoms with van der Waals surface area (Å²) in [5.74, 6) is 0.825. The molecule has 0 aliphatic heterocycles. The van der Waals surface area contributed by atoms with Crippen LogP contribution in [0.2, 0.25) is 5.82 Å². The van der Waals surface area contributed by atoms with Gasteiger partial charge in [-0.3, -0.25) is 0 Å². The van der Waals surface area contributed by atoms with Crippen LogP contribution in [0, 0.1) is 0 Å². The van der Waals surface area contributed by atoms with Crippen LogP contribution in [0.3, 0.4) is 0 Å². The van der Waals surface area contributed by atoms with E-state index < -0.39 is 0 Å². The smallest absolute Gasteiger partial charge is 0.145 e. The van der Waals surface area contributed by atoms with E-state index in [1.54, 1.807) is 0 Å². The van der Waals surface area contributed by atoms with Gasteiger partial charge in [0, 0.05) is 0 Å². The topological polar surface area (TPSA) is 0 Å². The summed E-state index contributed by atoms with van der Waals surface area (Å²) < 4.78 is 0. The lowest BCUT2D eigenvalue weighted by Crippen LogP contribution is -1.95. The summed E-state index contributed by atoms with van der Waals surface area (Å²) >= 11 is 0. The van der Waals surface area contributed by atoms with Gasteiger partial charge in [-0.1, -0.05) is 39.9 Å². The van der Waals surface area contributed by atoms with Crippen LogP contribution >= 0.6 is 8.46 Å². The van der Waals surface area contributed by atoms with Gasteiger partial charge in [-0.15, -0.1) is 0 Å². The van der Waals surface area contributed by atoms with E-state index in [9.17, 15) is 0 Å². The van der Waals surface area contributed by atoms with Crippen LogP contribution < -0.4 is 0 Å². The summed E-state index contributed by atoms with van der Waals surface area (Å²) in [7, 11) is 1.05. The lowest BCUT2D eigenvalue weighted by molar-refractivity contribution is 0.877. The van der Waals surface area contributed by atoms with Gasteiger partial charge in [-0.2, -0.15) is 8.46 Å². The summed E-state index contributed by atoms with van der Waals surface area (Å²) in [4.78, 5) is 0. The molecule has 0 fully saturated rings. The third kappa shape index (κ3) is 6.38.